The molecule has 1 aromatic heterocycles. The highest BCUT2D eigenvalue weighted by molar-refractivity contribution is 9.08. The predicted molar refractivity (Wildman–Crippen MR) is 57.9 cm³/mol. The lowest BCUT2D eigenvalue weighted by Crippen LogP contribution is -2.11. The number of rotatable bonds is 3. The molecule has 0 aliphatic rings. The van der Waals surface area contributed by atoms with Crippen LogP contribution in [0.1, 0.15) is 33.7 Å². The summed E-state index contributed by atoms with van der Waals surface area (Å²) in [5.41, 5.74) is -0.837. The molecule has 4 nitrogen and oxygen atoms in total. The first-order valence-electron chi connectivity index (χ1n) is 4.41. The van der Waals surface area contributed by atoms with E-state index in [1.807, 2.05) is 0 Å². The minimum Gasteiger partial charge on any atom is -0.464 e. The molecule has 0 aliphatic carbocycles. The van der Waals surface area contributed by atoms with Crippen molar-refractivity contribution in [2.75, 3.05) is 7.11 Å². The number of esters is 1. The average Bonchev–Trinajstić information content (AvgIpc) is 2.35. The molecule has 0 aliphatic heterocycles. The van der Waals surface area contributed by atoms with Crippen molar-refractivity contribution in [2.45, 2.75) is 11.8 Å². The first-order chi connectivity index (χ1) is 8.04. The molecule has 0 atom stereocenters. The van der Waals surface area contributed by atoms with Crippen LogP contribution >= 0.6 is 15.9 Å². The van der Waals surface area contributed by atoms with Gasteiger partial charge in [-0.2, -0.15) is 5.26 Å². The Kier molecular flexibility index (Phi) is 4.52. The number of aromatic nitrogens is 1. The van der Waals surface area contributed by atoms with Crippen molar-refractivity contribution >= 4 is 21.9 Å². The molecule has 0 spiro atoms. The minimum atomic E-state index is -2.86. The lowest BCUT2D eigenvalue weighted by molar-refractivity contribution is 0.0581. The Balaban J connectivity index is 3.47. The van der Waals surface area contributed by atoms with Gasteiger partial charge >= 0.3 is 5.97 Å². The summed E-state index contributed by atoms with van der Waals surface area (Å²) in [5.74, 6) is -0.988. The second kappa shape index (κ2) is 5.68. The molecule has 0 fully saturated rings. The van der Waals surface area contributed by atoms with Crippen molar-refractivity contribution in [3.63, 3.8) is 0 Å². The number of alkyl halides is 3. The van der Waals surface area contributed by atoms with Gasteiger partial charge in [0.15, 0.2) is 5.69 Å². The molecule has 0 amide bonds. The molecule has 17 heavy (non-hydrogen) atoms. The van der Waals surface area contributed by atoms with Crippen LogP contribution in [-0.4, -0.2) is 18.1 Å². The van der Waals surface area contributed by atoms with Gasteiger partial charge in [0, 0.05) is 5.33 Å². The van der Waals surface area contributed by atoms with Crippen LogP contribution in [0.4, 0.5) is 8.78 Å². The fourth-order valence-corrected chi connectivity index (χ4v) is 1.63. The first-order valence-corrected chi connectivity index (χ1v) is 5.53. The normalized spacial score (nSPS) is 10.1. The summed E-state index contributed by atoms with van der Waals surface area (Å²) < 4.78 is 29.8. The van der Waals surface area contributed by atoms with E-state index in [-0.39, 0.29) is 11.0 Å². The third kappa shape index (κ3) is 2.77. The largest absolute Gasteiger partial charge is 0.464 e. The number of hydrogen-bond acceptors (Lipinski definition) is 4. The molecule has 0 unspecified atom stereocenters. The van der Waals surface area contributed by atoms with Gasteiger partial charge in [0.1, 0.15) is 11.8 Å². The Bertz CT molecular complexity index is 486. The van der Waals surface area contributed by atoms with Gasteiger partial charge in [-0.15, -0.1) is 0 Å². The number of carbonyl (C=O) groups is 1. The quantitative estimate of drug-likeness (QED) is 0.636. The van der Waals surface area contributed by atoms with Crippen molar-refractivity contribution in [3.05, 3.63) is 28.6 Å². The third-order valence-corrected chi connectivity index (χ3v) is 2.60. The standard InChI is InChI=1S/C10H7BrF2N2O2/c1-17-10(16)8-6(9(12)13)2-5(3-11)7(4-14)15-8/h2,9H,3H2,1H3. The van der Waals surface area contributed by atoms with Crippen molar-refractivity contribution in [1.29, 1.82) is 5.26 Å². The van der Waals surface area contributed by atoms with Gasteiger partial charge in [0.2, 0.25) is 0 Å². The SMILES string of the molecule is COC(=O)c1nc(C#N)c(CBr)cc1C(F)F. The van der Waals surface area contributed by atoms with E-state index >= 15 is 0 Å². The molecule has 0 saturated carbocycles. The summed E-state index contributed by atoms with van der Waals surface area (Å²) in [6.07, 6.45) is -2.86. The zero-order valence-electron chi connectivity index (χ0n) is 8.71. The maximum absolute atomic E-state index is 12.7. The summed E-state index contributed by atoms with van der Waals surface area (Å²) in [5, 5.41) is 8.98. The van der Waals surface area contributed by atoms with Gasteiger partial charge in [-0.25, -0.2) is 18.6 Å². The summed E-state index contributed by atoms with van der Waals surface area (Å²) in [7, 11) is 1.06. The molecular weight excluding hydrogens is 298 g/mol. The summed E-state index contributed by atoms with van der Waals surface area (Å²) in [6, 6.07) is 2.82. The molecule has 0 N–H and O–H groups in total. The molecule has 1 rings (SSSR count). The number of hydrogen-bond donors (Lipinski definition) is 0. The molecular formula is C10H7BrF2N2O2. The van der Waals surface area contributed by atoms with Crippen LogP contribution in [0.2, 0.25) is 0 Å². The van der Waals surface area contributed by atoms with Crippen molar-refractivity contribution in [1.82, 2.24) is 4.98 Å². The fourth-order valence-electron chi connectivity index (χ4n) is 1.20. The fraction of sp³-hybridized carbons (Fsp3) is 0.300. The zero-order chi connectivity index (χ0) is 13.0. The number of methoxy groups -OCH3 is 1. The maximum atomic E-state index is 12.7. The van der Waals surface area contributed by atoms with Crippen molar-refractivity contribution in [3.8, 4) is 6.07 Å². The van der Waals surface area contributed by atoms with Crippen molar-refractivity contribution < 1.29 is 18.3 Å². The Morgan fingerprint density at radius 3 is 2.76 bits per heavy atom. The summed E-state index contributed by atoms with van der Waals surface area (Å²) in [4.78, 5) is 14.9. The van der Waals surface area contributed by atoms with Gasteiger partial charge in [-0.3, -0.25) is 0 Å². The highest BCUT2D eigenvalue weighted by atomic mass is 79.9. The van der Waals surface area contributed by atoms with Crippen LogP contribution in [0.5, 0.6) is 0 Å². The first kappa shape index (κ1) is 13.5. The molecule has 0 bridgehead atoms. The third-order valence-electron chi connectivity index (χ3n) is 1.99. The van der Waals surface area contributed by atoms with Crippen LogP contribution in [0.3, 0.4) is 0 Å². The molecule has 0 saturated heterocycles. The number of nitrogens with zero attached hydrogens (tertiary/aromatic N) is 2. The lowest BCUT2D eigenvalue weighted by atomic mass is 10.1. The maximum Gasteiger partial charge on any atom is 0.357 e. The van der Waals surface area contributed by atoms with Gasteiger partial charge in [-0.1, -0.05) is 15.9 Å². The predicted octanol–water partition coefficient (Wildman–Crippen LogP) is 2.57. The highest BCUT2D eigenvalue weighted by Crippen LogP contribution is 2.25. The van der Waals surface area contributed by atoms with E-state index in [0.717, 1.165) is 13.2 Å². The van der Waals surface area contributed by atoms with E-state index in [2.05, 4.69) is 25.7 Å². The molecule has 1 heterocycles. The average molecular weight is 305 g/mol. The van der Waals surface area contributed by atoms with E-state index < -0.39 is 23.7 Å². The molecule has 0 aromatic carbocycles. The molecule has 0 radical (unpaired) electrons. The topological polar surface area (TPSA) is 63.0 Å². The Hall–Kier alpha value is -1.55. The van der Waals surface area contributed by atoms with E-state index in [1.54, 1.807) is 6.07 Å². The highest BCUT2D eigenvalue weighted by Gasteiger charge is 2.23. The van der Waals surface area contributed by atoms with Crippen molar-refractivity contribution in [2.24, 2.45) is 0 Å². The number of halogens is 3. The number of pyridine rings is 1. The summed E-state index contributed by atoms with van der Waals surface area (Å²) >= 11 is 3.06. The second-order valence-electron chi connectivity index (χ2n) is 2.97. The van der Waals surface area contributed by atoms with Gasteiger partial charge < -0.3 is 4.74 Å². The van der Waals surface area contributed by atoms with E-state index in [9.17, 15) is 13.6 Å². The Labute approximate surface area is 104 Å². The number of carbonyl (C=O) groups excluding carboxylic acids is 1. The zero-order valence-corrected chi connectivity index (χ0v) is 10.3. The smallest absolute Gasteiger partial charge is 0.357 e. The Morgan fingerprint density at radius 2 is 2.35 bits per heavy atom. The summed E-state index contributed by atoms with van der Waals surface area (Å²) in [6.45, 7) is 0. The minimum absolute atomic E-state index is 0.0772. The molecule has 90 valence electrons. The van der Waals surface area contributed by atoms with E-state index in [0.29, 0.717) is 5.56 Å². The number of nitriles is 1. The number of ether oxygens (including phenoxy) is 1. The van der Waals surface area contributed by atoms with Crippen LogP contribution in [0.15, 0.2) is 6.07 Å². The van der Waals surface area contributed by atoms with Crippen LogP contribution in [0, 0.1) is 11.3 Å². The lowest BCUT2D eigenvalue weighted by Gasteiger charge is -2.09. The van der Waals surface area contributed by atoms with Crippen LogP contribution < -0.4 is 0 Å². The van der Waals surface area contributed by atoms with E-state index in [4.69, 9.17) is 5.26 Å². The van der Waals surface area contributed by atoms with E-state index in [1.165, 1.54) is 0 Å². The molecule has 1 aromatic rings. The van der Waals surface area contributed by atoms with Crippen LogP contribution in [0.25, 0.3) is 0 Å². The van der Waals surface area contributed by atoms with Crippen LogP contribution in [-0.2, 0) is 10.1 Å². The second-order valence-corrected chi connectivity index (χ2v) is 3.53. The van der Waals surface area contributed by atoms with Gasteiger partial charge in [0.05, 0.1) is 12.7 Å². The monoisotopic (exact) mass is 304 g/mol. The van der Waals surface area contributed by atoms with Gasteiger partial charge in [-0.05, 0) is 11.6 Å². The molecule has 7 heteroatoms. The van der Waals surface area contributed by atoms with Gasteiger partial charge in [0.25, 0.3) is 6.43 Å². The Morgan fingerprint density at radius 1 is 1.71 bits per heavy atom.